The van der Waals surface area contributed by atoms with Crippen LogP contribution in [0.1, 0.15) is 6.42 Å². The van der Waals surface area contributed by atoms with E-state index in [-0.39, 0.29) is 13.0 Å². The molecule has 0 fully saturated rings. The lowest BCUT2D eigenvalue weighted by Crippen LogP contribution is -2.37. The molecule has 0 aliphatic heterocycles. The van der Waals surface area contributed by atoms with E-state index in [1.807, 2.05) is 0 Å². The Bertz CT molecular complexity index is 483. The number of benzene rings is 1. The zero-order valence-electron chi connectivity index (χ0n) is 10.5. The average molecular weight is 286 g/mol. The molecule has 1 N–H and O–H groups in total. The van der Waals surface area contributed by atoms with Gasteiger partial charge in [0.25, 0.3) is 0 Å². The summed E-state index contributed by atoms with van der Waals surface area (Å²) in [4.78, 5) is 11.8. The number of carboxylic acids is 1. The van der Waals surface area contributed by atoms with Crippen molar-refractivity contribution in [3.63, 3.8) is 0 Å². The Balaban J connectivity index is 2.88. The smallest absolute Gasteiger partial charge is 0.406 e. The Hall–Kier alpha value is -2.23. The third-order valence-corrected chi connectivity index (χ3v) is 2.67. The first kappa shape index (κ1) is 15.8. The fourth-order valence-corrected chi connectivity index (χ4v) is 1.63. The maximum atomic E-state index is 12.6. The van der Waals surface area contributed by atoms with Crippen LogP contribution in [0.4, 0.5) is 18.9 Å². The molecule has 1 atom stereocenters. The van der Waals surface area contributed by atoms with Crippen LogP contribution in [0.25, 0.3) is 0 Å². The van der Waals surface area contributed by atoms with Gasteiger partial charge < -0.3 is 10.0 Å². The summed E-state index contributed by atoms with van der Waals surface area (Å²) in [5.41, 5.74) is 0.457. The van der Waals surface area contributed by atoms with E-state index < -0.39 is 24.6 Å². The molecular weight excluding hydrogens is 273 g/mol. The molecule has 0 heterocycles. The van der Waals surface area contributed by atoms with Crippen molar-refractivity contribution in [3.05, 3.63) is 30.3 Å². The maximum absolute atomic E-state index is 12.6. The minimum Gasteiger partial charge on any atom is -0.481 e. The van der Waals surface area contributed by atoms with Crippen LogP contribution in [0, 0.1) is 17.2 Å². The van der Waals surface area contributed by atoms with Crippen molar-refractivity contribution < 1.29 is 23.1 Å². The van der Waals surface area contributed by atoms with Gasteiger partial charge in [-0.15, -0.1) is 0 Å². The van der Waals surface area contributed by atoms with Gasteiger partial charge in [-0.05, 0) is 12.1 Å². The summed E-state index contributed by atoms with van der Waals surface area (Å²) in [6, 6.07) is 9.34. The molecule has 7 heteroatoms. The van der Waals surface area contributed by atoms with Crippen molar-refractivity contribution in [2.75, 3.05) is 18.0 Å². The number of alkyl halides is 3. The second-order valence-electron chi connectivity index (χ2n) is 4.15. The molecule has 108 valence electrons. The van der Waals surface area contributed by atoms with E-state index in [4.69, 9.17) is 10.4 Å². The summed E-state index contributed by atoms with van der Waals surface area (Å²) in [6.07, 6.45) is -4.93. The molecule has 0 radical (unpaired) electrons. The number of hydrogen-bond acceptors (Lipinski definition) is 3. The number of anilines is 1. The van der Waals surface area contributed by atoms with Crippen LogP contribution in [0.3, 0.4) is 0 Å². The second kappa shape index (κ2) is 6.80. The van der Waals surface area contributed by atoms with Gasteiger partial charge in [0, 0.05) is 18.8 Å². The van der Waals surface area contributed by atoms with Crippen LogP contribution >= 0.6 is 0 Å². The molecule has 0 aromatic heterocycles. The van der Waals surface area contributed by atoms with Crippen LogP contribution in [0.15, 0.2) is 30.3 Å². The molecule has 20 heavy (non-hydrogen) atoms. The first-order valence-corrected chi connectivity index (χ1v) is 5.82. The fraction of sp³-hybridized carbons (Fsp3) is 0.385. The molecule has 1 aromatic carbocycles. The van der Waals surface area contributed by atoms with Gasteiger partial charge in [-0.1, -0.05) is 18.2 Å². The van der Waals surface area contributed by atoms with Crippen molar-refractivity contribution in [1.82, 2.24) is 0 Å². The number of halogens is 3. The lowest BCUT2D eigenvalue weighted by Gasteiger charge is -2.27. The van der Waals surface area contributed by atoms with E-state index in [0.717, 1.165) is 0 Å². The van der Waals surface area contributed by atoms with Gasteiger partial charge in [-0.3, -0.25) is 4.79 Å². The van der Waals surface area contributed by atoms with Crippen molar-refractivity contribution in [3.8, 4) is 6.07 Å². The zero-order chi connectivity index (χ0) is 15.2. The average Bonchev–Trinajstić information content (AvgIpc) is 2.38. The Morgan fingerprint density at radius 2 is 1.95 bits per heavy atom. The summed E-state index contributed by atoms with van der Waals surface area (Å²) >= 11 is 0. The lowest BCUT2D eigenvalue weighted by atomic mass is 10.1. The van der Waals surface area contributed by atoms with Crippen LogP contribution in [-0.4, -0.2) is 30.3 Å². The zero-order valence-corrected chi connectivity index (χ0v) is 10.5. The van der Waals surface area contributed by atoms with Crippen LogP contribution < -0.4 is 4.90 Å². The van der Waals surface area contributed by atoms with Crippen LogP contribution in [0.5, 0.6) is 0 Å². The molecule has 0 amide bonds. The number of hydrogen-bond donors (Lipinski definition) is 1. The summed E-state index contributed by atoms with van der Waals surface area (Å²) in [5, 5.41) is 17.3. The molecule has 0 aliphatic carbocycles. The van der Waals surface area contributed by atoms with Crippen molar-refractivity contribution in [1.29, 1.82) is 5.26 Å². The standard InChI is InChI=1S/C13H13F3N2O2/c14-13(15,16)10(8-17)9-18(7-6-12(19)20)11-4-2-1-3-5-11/h1-5,10H,6-7,9H2,(H,19,20). The third-order valence-electron chi connectivity index (χ3n) is 2.67. The fourth-order valence-electron chi connectivity index (χ4n) is 1.63. The molecule has 1 aromatic rings. The Kier molecular flexibility index (Phi) is 5.38. The molecule has 0 spiro atoms. The molecule has 4 nitrogen and oxygen atoms in total. The topological polar surface area (TPSA) is 64.3 Å². The highest BCUT2D eigenvalue weighted by atomic mass is 19.4. The van der Waals surface area contributed by atoms with E-state index >= 15 is 0 Å². The summed E-state index contributed by atoms with van der Waals surface area (Å²) in [7, 11) is 0. The number of aliphatic carboxylic acids is 1. The van der Waals surface area contributed by atoms with Gasteiger partial charge in [-0.25, -0.2) is 0 Å². The van der Waals surface area contributed by atoms with Crippen LogP contribution in [-0.2, 0) is 4.79 Å². The number of rotatable bonds is 6. The Morgan fingerprint density at radius 1 is 1.35 bits per heavy atom. The number of para-hydroxylation sites is 1. The number of nitriles is 1. The van der Waals surface area contributed by atoms with Gasteiger partial charge in [0.2, 0.25) is 0 Å². The molecule has 1 rings (SSSR count). The Labute approximate surface area is 114 Å². The lowest BCUT2D eigenvalue weighted by molar-refractivity contribution is -0.156. The maximum Gasteiger partial charge on any atom is 0.406 e. The quantitative estimate of drug-likeness (QED) is 0.873. The van der Waals surface area contributed by atoms with Crippen molar-refractivity contribution in [2.24, 2.45) is 5.92 Å². The molecule has 0 saturated carbocycles. The van der Waals surface area contributed by atoms with Gasteiger partial charge >= 0.3 is 12.1 Å². The molecule has 0 saturated heterocycles. The van der Waals surface area contributed by atoms with Crippen molar-refractivity contribution >= 4 is 11.7 Å². The number of nitrogens with zero attached hydrogens (tertiary/aromatic N) is 2. The minimum atomic E-state index is -4.63. The number of carboxylic acid groups (broad SMARTS) is 1. The third kappa shape index (κ3) is 4.80. The monoisotopic (exact) mass is 286 g/mol. The van der Waals surface area contributed by atoms with E-state index in [0.29, 0.717) is 5.69 Å². The molecule has 0 bridgehead atoms. The highest BCUT2D eigenvalue weighted by molar-refractivity contribution is 5.67. The van der Waals surface area contributed by atoms with Gasteiger partial charge in [0.1, 0.15) is 0 Å². The van der Waals surface area contributed by atoms with E-state index in [1.165, 1.54) is 11.0 Å². The first-order chi connectivity index (χ1) is 9.34. The van der Waals surface area contributed by atoms with Gasteiger partial charge in [0.05, 0.1) is 12.5 Å². The second-order valence-corrected chi connectivity index (χ2v) is 4.15. The SMILES string of the molecule is N#CC(CN(CCC(=O)O)c1ccccc1)C(F)(F)F. The number of carbonyl (C=O) groups is 1. The summed E-state index contributed by atoms with van der Waals surface area (Å²) in [5.74, 6) is -3.26. The molecule has 0 aliphatic rings. The summed E-state index contributed by atoms with van der Waals surface area (Å²) in [6.45, 7) is -0.676. The highest BCUT2D eigenvalue weighted by Gasteiger charge is 2.41. The van der Waals surface area contributed by atoms with E-state index in [2.05, 4.69) is 0 Å². The van der Waals surface area contributed by atoms with E-state index in [9.17, 15) is 18.0 Å². The van der Waals surface area contributed by atoms with Crippen LogP contribution in [0.2, 0.25) is 0 Å². The predicted octanol–water partition coefficient (Wildman–Crippen LogP) is 2.67. The summed E-state index contributed by atoms with van der Waals surface area (Å²) < 4.78 is 37.9. The molecular formula is C13H13F3N2O2. The largest absolute Gasteiger partial charge is 0.481 e. The predicted molar refractivity (Wildman–Crippen MR) is 66.1 cm³/mol. The molecule has 1 unspecified atom stereocenters. The highest BCUT2D eigenvalue weighted by Crippen LogP contribution is 2.28. The minimum absolute atomic E-state index is 0.0897. The van der Waals surface area contributed by atoms with Gasteiger partial charge in [0.15, 0.2) is 5.92 Å². The van der Waals surface area contributed by atoms with E-state index in [1.54, 1.807) is 30.3 Å². The first-order valence-electron chi connectivity index (χ1n) is 5.82. The normalized spacial score (nSPS) is 12.5. The van der Waals surface area contributed by atoms with Gasteiger partial charge in [-0.2, -0.15) is 18.4 Å². The van der Waals surface area contributed by atoms with Crippen molar-refractivity contribution in [2.45, 2.75) is 12.6 Å². The Morgan fingerprint density at radius 3 is 2.40 bits per heavy atom.